The summed E-state index contributed by atoms with van der Waals surface area (Å²) in [5.41, 5.74) is 0.428. The zero-order valence-electron chi connectivity index (χ0n) is 21.8. The van der Waals surface area contributed by atoms with Crippen LogP contribution in [0.1, 0.15) is 77.1 Å². The van der Waals surface area contributed by atoms with Gasteiger partial charge < -0.3 is 24.6 Å². The van der Waals surface area contributed by atoms with Gasteiger partial charge in [-0.15, -0.1) is 0 Å². The molecule has 0 bridgehead atoms. The van der Waals surface area contributed by atoms with Crippen molar-refractivity contribution in [3.63, 3.8) is 0 Å². The number of hydrogen-bond acceptors (Lipinski definition) is 5. The molecule has 8 nitrogen and oxygen atoms in total. The van der Waals surface area contributed by atoms with Gasteiger partial charge in [-0.2, -0.15) is 0 Å². The van der Waals surface area contributed by atoms with Crippen LogP contribution in [-0.4, -0.2) is 66.0 Å². The lowest BCUT2D eigenvalue weighted by molar-refractivity contribution is -0.146. The number of carbonyl (C=O) groups excluding carboxylic acids is 3. The molecule has 2 aliphatic heterocycles. The Morgan fingerprint density at radius 3 is 2.46 bits per heavy atom. The molecule has 1 aromatic carbocycles. The van der Waals surface area contributed by atoms with Crippen molar-refractivity contribution in [2.24, 2.45) is 11.8 Å². The van der Waals surface area contributed by atoms with Gasteiger partial charge in [-0.25, -0.2) is 0 Å². The fourth-order valence-corrected chi connectivity index (χ4v) is 4.81. The summed E-state index contributed by atoms with van der Waals surface area (Å²) in [6.45, 7) is 11.8. The summed E-state index contributed by atoms with van der Waals surface area (Å²) >= 11 is 0. The van der Waals surface area contributed by atoms with Crippen LogP contribution < -0.4 is 14.8 Å². The largest absolute Gasteiger partial charge is 0.454 e. The number of unbranched alkanes of at least 4 members (excludes halogenated alkanes) is 1. The second kappa shape index (κ2) is 12.3. The van der Waals surface area contributed by atoms with Crippen LogP contribution in [0, 0.1) is 11.8 Å². The molecule has 1 fully saturated rings. The van der Waals surface area contributed by atoms with E-state index in [0.29, 0.717) is 36.7 Å². The van der Waals surface area contributed by atoms with Gasteiger partial charge in [-0.05, 0) is 43.9 Å². The lowest BCUT2D eigenvalue weighted by Crippen LogP contribution is -2.60. The van der Waals surface area contributed by atoms with Crippen molar-refractivity contribution in [1.82, 2.24) is 15.1 Å². The first-order valence-electron chi connectivity index (χ1n) is 13.1. The molecular weight excluding hydrogens is 446 g/mol. The molecule has 1 saturated heterocycles. The van der Waals surface area contributed by atoms with Gasteiger partial charge in [0.15, 0.2) is 11.5 Å². The van der Waals surface area contributed by atoms with E-state index in [4.69, 9.17) is 9.47 Å². The van der Waals surface area contributed by atoms with Crippen molar-refractivity contribution in [3.05, 3.63) is 23.8 Å². The number of amides is 3. The quantitative estimate of drug-likeness (QED) is 0.542. The molecule has 0 aliphatic carbocycles. The summed E-state index contributed by atoms with van der Waals surface area (Å²) in [6, 6.07) is 4.33. The number of hydrogen-bond donors (Lipinski definition) is 1. The first-order chi connectivity index (χ1) is 16.8. The highest BCUT2D eigenvalue weighted by molar-refractivity contribution is 5.98. The molecule has 4 unspecified atom stereocenters. The summed E-state index contributed by atoms with van der Waals surface area (Å²) in [5, 5.41) is 2.96. The number of nitrogens with zero attached hydrogens (tertiary/aromatic N) is 2. The molecule has 0 aromatic heterocycles. The van der Waals surface area contributed by atoms with Gasteiger partial charge in [-0.3, -0.25) is 14.4 Å². The van der Waals surface area contributed by atoms with E-state index in [1.54, 1.807) is 23.1 Å². The SMILES string of the molecule is CCCCC(CC)C(=O)N1CCN(C(=O)C(NC(=O)c2ccc3c(c2)OCO3)C(C)CC)CC1C. The van der Waals surface area contributed by atoms with Crippen LogP contribution in [0.4, 0.5) is 0 Å². The molecule has 2 aliphatic rings. The maximum Gasteiger partial charge on any atom is 0.252 e. The highest BCUT2D eigenvalue weighted by atomic mass is 16.7. The Morgan fingerprint density at radius 2 is 1.80 bits per heavy atom. The highest BCUT2D eigenvalue weighted by Crippen LogP contribution is 2.32. The zero-order valence-corrected chi connectivity index (χ0v) is 21.8. The van der Waals surface area contributed by atoms with E-state index in [9.17, 15) is 14.4 Å². The van der Waals surface area contributed by atoms with Crippen LogP contribution in [0.2, 0.25) is 0 Å². The fourth-order valence-electron chi connectivity index (χ4n) is 4.81. The maximum absolute atomic E-state index is 13.6. The Balaban J connectivity index is 1.66. The second-order valence-corrected chi connectivity index (χ2v) is 9.82. The van der Waals surface area contributed by atoms with Crippen molar-refractivity contribution in [1.29, 1.82) is 0 Å². The summed E-state index contributed by atoms with van der Waals surface area (Å²) < 4.78 is 10.7. The molecule has 1 aromatic rings. The van der Waals surface area contributed by atoms with Crippen LogP contribution in [-0.2, 0) is 9.59 Å². The number of ether oxygens (including phenoxy) is 2. The molecule has 0 spiro atoms. The lowest BCUT2D eigenvalue weighted by atomic mass is 9.95. The third-order valence-corrected chi connectivity index (χ3v) is 7.37. The smallest absolute Gasteiger partial charge is 0.252 e. The molecule has 194 valence electrons. The zero-order chi connectivity index (χ0) is 25.5. The van der Waals surface area contributed by atoms with Crippen molar-refractivity contribution in [2.75, 3.05) is 26.4 Å². The number of nitrogens with one attached hydrogen (secondary N) is 1. The minimum absolute atomic E-state index is 0.0334. The summed E-state index contributed by atoms with van der Waals surface area (Å²) in [4.78, 5) is 43.5. The fraction of sp³-hybridized carbons (Fsp3) is 0.667. The molecule has 8 heteroatoms. The molecule has 3 amide bonds. The van der Waals surface area contributed by atoms with E-state index in [1.807, 2.05) is 25.7 Å². The Hall–Kier alpha value is -2.77. The van der Waals surface area contributed by atoms with E-state index >= 15 is 0 Å². The van der Waals surface area contributed by atoms with Gasteiger partial charge in [0.2, 0.25) is 18.6 Å². The topological polar surface area (TPSA) is 88.2 Å². The van der Waals surface area contributed by atoms with E-state index < -0.39 is 6.04 Å². The first kappa shape index (κ1) is 26.8. The van der Waals surface area contributed by atoms with Gasteiger partial charge in [0.25, 0.3) is 5.91 Å². The van der Waals surface area contributed by atoms with Gasteiger partial charge in [0, 0.05) is 37.2 Å². The third kappa shape index (κ3) is 6.27. The highest BCUT2D eigenvalue weighted by Gasteiger charge is 2.36. The molecule has 0 radical (unpaired) electrons. The maximum atomic E-state index is 13.6. The molecule has 3 rings (SSSR count). The third-order valence-electron chi connectivity index (χ3n) is 7.37. The van der Waals surface area contributed by atoms with Gasteiger partial charge in [0.05, 0.1) is 0 Å². The minimum atomic E-state index is -0.639. The van der Waals surface area contributed by atoms with E-state index in [1.165, 1.54) is 0 Å². The first-order valence-corrected chi connectivity index (χ1v) is 13.1. The van der Waals surface area contributed by atoms with Gasteiger partial charge >= 0.3 is 0 Å². The standard InChI is InChI=1S/C27H41N3O5/c1-6-9-10-20(8-3)26(32)30-14-13-29(16-19(30)5)27(33)24(18(4)7-2)28-25(31)21-11-12-22-23(15-21)35-17-34-22/h11-12,15,18-20,24H,6-10,13-14,16-17H2,1-5H3,(H,28,31). The van der Waals surface area contributed by atoms with Crippen molar-refractivity contribution < 1.29 is 23.9 Å². The second-order valence-electron chi connectivity index (χ2n) is 9.82. The Morgan fingerprint density at radius 1 is 1.06 bits per heavy atom. The van der Waals surface area contributed by atoms with Crippen LogP contribution in [0.3, 0.4) is 0 Å². The van der Waals surface area contributed by atoms with Crippen molar-refractivity contribution in [3.8, 4) is 11.5 Å². The predicted octanol–water partition coefficient (Wildman–Crippen LogP) is 3.84. The average Bonchev–Trinajstić information content (AvgIpc) is 3.34. The number of rotatable bonds is 10. The number of benzene rings is 1. The normalized spacial score (nSPS) is 19.7. The van der Waals surface area contributed by atoms with Crippen LogP contribution in [0.5, 0.6) is 11.5 Å². The average molecular weight is 488 g/mol. The Labute approximate surface area is 209 Å². The van der Waals surface area contributed by atoms with E-state index in [0.717, 1.165) is 32.1 Å². The Kier molecular flexibility index (Phi) is 9.40. The summed E-state index contributed by atoms with van der Waals surface area (Å²) in [5.74, 6) is 0.953. The van der Waals surface area contributed by atoms with Crippen LogP contribution in [0.25, 0.3) is 0 Å². The lowest BCUT2D eigenvalue weighted by Gasteiger charge is -2.42. The van der Waals surface area contributed by atoms with Crippen molar-refractivity contribution >= 4 is 17.7 Å². The molecule has 4 atom stereocenters. The molecule has 35 heavy (non-hydrogen) atoms. The molecule has 1 N–H and O–H groups in total. The number of fused-ring (bicyclic) bond motifs is 1. The predicted molar refractivity (Wildman–Crippen MR) is 134 cm³/mol. The van der Waals surface area contributed by atoms with E-state index in [2.05, 4.69) is 19.2 Å². The summed E-state index contributed by atoms with van der Waals surface area (Å²) in [7, 11) is 0. The van der Waals surface area contributed by atoms with Gasteiger partial charge in [-0.1, -0.05) is 47.0 Å². The van der Waals surface area contributed by atoms with Crippen molar-refractivity contribution in [2.45, 2.75) is 78.8 Å². The number of piperazine rings is 1. The Bertz CT molecular complexity index is 905. The van der Waals surface area contributed by atoms with Crippen LogP contribution in [0.15, 0.2) is 18.2 Å². The number of carbonyl (C=O) groups is 3. The molecular formula is C27H41N3O5. The van der Waals surface area contributed by atoms with Crippen LogP contribution >= 0.6 is 0 Å². The minimum Gasteiger partial charge on any atom is -0.454 e. The molecule has 2 heterocycles. The summed E-state index contributed by atoms with van der Waals surface area (Å²) in [6.07, 6.45) is 4.64. The molecule has 0 saturated carbocycles. The van der Waals surface area contributed by atoms with Gasteiger partial charge in [0.1, 0.15) is 6.04 Å². The van der Waals surface area contributed by atoms with E-state index in [-0.39, 0.29) is 42.4 Å². The monoisotopic (exact) mass is 487 g/mol.